The van der Waals surface area contributed by atoms with Gasteiger partial charge in [-0.2, -0.15) is 5.26 Å². The topological polar surface area (TPSA) is 65.4 Å². The van der Waals surface area contributed by atoms with Crippen molar-refractivity contribution in [3.8, 4) is 17.3 Å². The summed E-state index contributed by atoms with van der Waals surface area (Å²) in [7, 11) is 0. The van der Waals surface area contributed by atoms with Crippen LogP contribution in [0.1, 0.15) is 16.8 Å². The van der Waals surface area contributed by atoms with Crippen molar-refractivity contribution in [3.63, 3.8) is 0 Å². The molecule has 0 amide bonds. The van der Waals surface area contributed by atoms with E-state index in [1.807, 2.05) is 66.8 Å². The first-order valence-electron chi connectivity index (χ1n) is 6.61. The molecule has 1 N–H and O–H groups in total. The molecule has 0 bridgehead atoms. The highest BCUT2D eigenvalue weighted by Crippen LogP contribution is 2.20. The van der Waals surface area contributed by atoms with E-state index in [4.69, 9.17) is 16.9 Å². The average Bonchev–Trinajstić information content (AvgIpc) is 3.03. The summed E-state index contributed by atoms with van der Waals surface area (Å²) in [6.45, 7) is 0. The standard InChI is InChI=1S/C17H11ClN4/c18-15-9-5-13(6-10-15)2-1-12-3-7-14(8-4-12)17-16(11-19)20-22-21-17/h1-10H,(H,20,21,22). The summed E-state index contributed by atoms with van der Waals surface area (Å²) in [5.74, 6) is 0. The van der Waals surface area contributed by atoms with Crippen molar-refractivity contribution in [3.05, 3.63) is 70.4 Å². The van der Waals surface area contributed by atoms with Crippen LogP contribution in [0.5, 0.6) is 0 Å². The maximum Gasteiger partial charge on any atom is 0.190 e. The smallest absolute Gasteiger partial charge is 0.190 e. The monoisotopic (exact) mass is 306 g/mol. The highest BCUT2D eigenvalue weighted by Gasteiger charge is 2.07. The molecule has 1 aromatic heterocycles. The van der Waals surface area contributed by atoms with Gasteiger partial charge >= 0.3 is 0 Å². The lowest BCUT2D eigenvalue weighted by Crippen LogP contribution is -1.83. The van der Waals surface area contributed by atoms with Gasteiger partial charge < -0.3 is 0 Å². The Morgan fingerprint density at radius 2 is 1.55 bits per heavy atom. The van der Waals surface area contributed by atoms with Gasteiger partial charge in [0, 0.05) is 10.6 Å². The minimum Gasteiger partial charge on any atom is -0.256 e. The molecule has 0 saturated carbocycles. The van der Waals surface area contributed by atoms with Crippen molar-refractivity contribution in [1.82, 2.24) is 15.4 Å². The van der Waals surface area contributed by atoms with Crippen LogP contribution in [-0.4, -0.2) is 15.4 Å². The molecule has 0 radical (unpaired) electrons. The van der Waals surface area contributed by atoms with Crippen LogP contribution in [0.25, 0.3) is 23.4 Å². The molecule has 0 aliphatic heterocycles. The van der Waals surface area contributed by atoms with Crippen LogP contribution in [-0.2, 0) is 0 Å². The summed E-state index contributed by atoms with van der Waals surface area (Å²) >= 11 is 5.86. The fourth-order valence-electron chi connectivity index (χ4n) is 2.03. The molecular formula is C17H11ClN4. The quantitative estimate of drug-likeness (QED) is 0.739. The molecule has 0 unspecified atom stereocenters. The predicted octanol–water partition coefficient (Wildman–Crippen LogP) is 4.17. The molecule has 0 fully saturated rings. The van der Waals surface area contributed by atoms with Crippen LogP contribution in [0.3, 0.4) is 0 Å². The average molecular weight is 307 g/mol. The zero-order chi connectivity index (χ0) is 15.4. The third kappa shape index (κ3) is 3.05. The molecule has 3 aromatic rings. The Morgan fingerprint density at radius 1 is 0.955 bits per heavy atom. The molecule has 106 valence electrons. The first-order chi connectivity index (χ1) is 10.8. The number of hydrogen-bond acceptors (Lipinski definition) is 3. The van der Waals surface area contributed by atoms with E-state index in [9.17, 15) is 0 Å². The van der Waals surface area contributed by atoms with Crippen molar-refractivity contribution in [2.24, 2.45) is 0 Å². The third-order valence-electron chi connectivity index (χ3n) is 3.19. The number of benzene rings is 2. The van der Waals surface area contributed by atoms with Crippen molar-refractivity contribution in [1.29, 1.82) is 5.26 Å². The Labute approximate surface area is 132 Å². The Balaban J connectivity index is 1.80. The van der Waals surface area contributed by atoms with Crippen LogP contribution < -0.4 is 0 Å². The summed E-state index contributed by atoms with van der Waals surface area (Å²) in [4.78, 5) is 0. The van der Waals surface area contributed by atoms with Gasteiger partial charge in [0.25, 0.3) is 0 Å². The van der Waals surface area contributed by atoms with Gasteiger partial charge in [-0.05, 0) is 23.3 Å². The van der Waals surface area contributed by atoms with Gasteiger partial charge in [-0.3, -0.25) is 5.10 Å². The zero-order valence-electron chi connectivity index (χ0n) is 11.5. The maximum atomic E-state index is 8.96. The van der Waals surface area contributed by atoms with E-state index in [0.717, 1.165) is 21.7 Å². The zero-order valence-corrected chi connectivity index (χ0v) is 12.2. The molecule has 22 heavy (non-hydrogen) atoms. The van der Waals surface area contributed by atoms with Crippen molar-refractivity contribution in [2.75, 3.05) is 0 Å². The van der Waals surface area contributed by atoms with E-state index in [0.29, 0.717) is 11.4 Å². The van der Waals surface area contributed by atoms with Crippen molar-refractivity contribution >= 4 is 23.8 Å². The van der Waals surface area contributed by atoms with Crippen molar-refractivity contribution < 1.29 is 0 Å². The van der Waals surface area contributed by atoms with Gasteiger partial charge in [0.05, 0.1) is 0 Å². The van der Waals surface area contributed by atoms with E-state index in [2.05, 4.69) is 15.4 Å². The van der Waals surface area contributed by atoms with E-state index in [1.165, 1.54) is 0 Å². The fraction of sp³-hybridized carbons (Fsp3) is 0. The van der Waals surface area contributed by atoms with Gasteiger partial charge in [0.15, 0.2) is 5.69 Å². The maximum absolute atomic E-state index is 8.96. The summed E-state index contributed by atoms with van der Waals surface area (Å²) < 4.78 is 0. The fourth-order valence-corrected chi connectivity index (χ4v) is 2.16. The Kier molecular flexibility index (Phi) is 3.99. The van der Waals surface area contributed by atoms with Crippen LogP contribution in [0.15, 0.2) is 48.5 Å². The number of halogens is 1. The van der Waals surface area contributed by atoms with Gasteiger partial charge in [-0.1, -0.05) is 65.4 Å². The van der Waals surface area contributed by atoms with Crippen LogP contribution >= 0.6 is 11.6 Å². The van der Waals surface area contributed by atoms with Crippen LogP contribution in [0.2, 0.25) is 5.02 Å². The largest absolute Gasteiger partial charge is 0.256 e. The first kappa shape index (κ1) is 14.1. The number of H-pyrrole nitrogens is 1. The second-order valence-corrected chi connectivity index (χ2v) is 5.09. The number of aromatic amines is 1. The lowest BCUT2D eigenvalue weighted by Gasteiger charge is -1.99. The highest BCUT2D eigenvalue weighted by molar-refractivity contribution is 6.30. The van der Waals surface area contributed by atoms with E-state index in [-0.39, 0.29) is 0 Å². The second kappa shape index (κ2) is 6.25. The highest BCUT2D eigenvalue weighted by atomic mass is 35.5. The molecule has 2 aromatic carbocycles. The minimum atomic E-state index is 0.296. The minimum absolute atomic E-state index is 0.296. The molecule has 0 aliphatic rings. The SMILES string of the molecule is N#Cc1nn[nH]c1-c1ccc(C=Cc2ccc(Cl)cc2)cc1. The summed E-state index contributed by atoms with van der Waals surface area (Å²) in [6, 6.07) is 17.5. The van der Waals surface area contributed by atoms with Crippen LogP contribution in [0.4, 0.5) is 0 Å². The molecule has 0 aliphatic carbocycles. The molecule has 0 saturated heterocycles. The van der Waals surface area contributed by atoms with Crippen molar-refractivity contribution in [2.45, 2.75) is 0 Å². The summed E-state index contributed by atoms with van der Waals surface area (Å²) in [5.41, 5.74) is 3.95. The molecule has 0 atom stereocenters. The molecule has 5 heteroatoms. The third-order valence-corrected chi connectivity index (χ3v) is 3.44. The lowest BCUT2D eigenvalue weighted by atomic mass is 10.1. The normalized spacial score (nSPS) is 10.7. The van der Waals surface area contributed by atoms with Crippen LogP contribution in [0, 0.1) is 11.3 Å². The lowest BCUT2D eigenvalue weighted by molar-refractivity contribution is 0.937. The number of nitrogens with zero attached hydrogens (tertiary/aromatic N) is 3. The van der Waals surface area contributed by atoms with Gasteiger partial charge in [-0.25, -0.2) is 0 Å². The second-order valence-electron chi connectivity index (χ2n) is 4.65. The summed E-state index contributed by atoms with van der Waals surface area (Å²) in [5, 5.41) is 19.8. The molecular weight excluding hydrogens is 296 g/mol. The van der Waals surface area contributed by atoms with E-state index in [1.54, 1.807) is 0 Å². The Bertz CT molecular complexity index is 840. The van der Waals surface area contributed by atoms with Gasteiger partial charge in [0.2, 0.25) is 0 Å². The number of hydrogen-bond donors (Lipinski definition) is 1. The number of aromatic nitrogens is 3. The van der Waals surface area contributed by atoms with Gasteiger partial charge in [0.1, 0.15) is 11.8 Å². The molecule has 3 rings (SSSR count). The van der Waals surface area contributed by atoms with Gasteiger partial charge in [-0.15, -0.1) is 5.10 Å². The van der Waals surface area contributed by atoms with E-state index >= 15 is 0 Å². The molecule has 1 heterocycles. The Morgan fingerprint density at radius 3 is 2.14 bits per heavy atom. The Hall–Kier alpha value is -2.90. The molecule has 4 nitrogen and oxygen atoms in total. The number of nitrogens with one attached hydrogen (secondary N) is 1. The predicted molar refractivity (Wildman–Crippen MR) is 86.9 cm³/mol. The number of nitriles is 1. The first-order valence-corrected chi connectivity index (χ1v) is 6.99. The van der Waals surface area contributed by atoms with E-state index < -0.39 is 0 Å². The summed E-state index contributed by atoms with van der Waals surface area (Å²) in [6.07, 6.45) is 4.03. The number of rotatable bonds is 3. The molecule has 0 spiro atoms.